The third-order valence-corrected chi connectivity index (χ3v) is 4.60. The monoisotopic (exact) mass is 420 g/mol. The van der Waals surface area contributed by atoms with E-state index in [0.717, 1.165) is 6.92 Å². The van der Waals surface area contributed by atoms with Gasteiger partial charge in [0.2, 0.25) is 5.91 Å². The lowest BCUT2D eigenvalue weighted by molar-refractivity contribution is -0.115. The summed E-state index contributed by atoms with van der Waals surface area (Å²) in [6.07, 6.45) is 1.44. The quantitative estimate of drug-likeness (QED) is 0.749. The van der Waals surface area contributed by atoms with Crippen molar-refractivity contribution in [2.24, 2.45) is 0 Å². The molecule has 0 fully saturated rings. The van der Waals surface area contributed by atoms with Crippen molar-refractivity contribution >= 4 is 23.4 Å². The minimum Gasteiger partial charge on any atom is -0.495 e. The molecule has 3 rings (SSSR count). The summed E-state index contributed by atoms with van der Waals surface area (Å²) < 4.78 is 37.2. The van der Waals surface area contributed by atoms with Crippen molar-refractivity contribution in [3.63, 3.8) is 0 Å². The number of nitrogens with one attached hydrogen (secondary N) is 2. The number of alkyl halides is 2. The Balaban J connectivity index is 1.83. The lowest BCUT2D eigenvalue weighted by Crippen LogP contribution is -2.49. The van der Waals surface area contributed by atoms with Gasteiger partial charge in [-0.3, -0.25) is 9.69 Å². The molecule has 160 valence electrons. The van der Waals surface area contributed by atoms with Gasteiger partial charge in [0.1, 0.15) is 12.3 Å². The first-order chi connectivity index (χ1) is 14.2. The van der Waals surface area contributed by atoms with Crippen LogP contribution in [-0.2, 0) is 15.5 Å². The second kappa shape index (κ2) is 8.62. The van der Waals surface area contributed by atoms with Crippen molar-refractivity contribution < 1.29 is 27.8 Å². The third kappa shape index (κ3) is 4.65. The van der Waals surface area contributed by atoms with Crippen LogP contribution in [0.1, 0.15) is 24.1 Å². The highest BCUT2D eigenvalue weighted by Crippen LogP contribution is 2.31. The molecule has 0 aliphatic carbocycles. The summed E-state index contributed by atoms with van der Waals surface area (Å²) in [4.78, 5) is 30.4. The fourth-order valence-electron chi connectivity index (χ4n) is 3.06. The predicted octanol–water partition coefficient (Wildman–Crippen LogP) is 3.06. The lowest BCUT2D eigenvalue weighted by atomic mass is 10.0. The average Bonchev–Trinajstić information content (AvgIpc) is 2.71. The molecule has 1 atom stereocenters. The SMILES string of the molecule is COCC(NC(=O)N1CC(=O)Nc2cc(OC)cnc21)c1ccc(C(C)(F)F)cc1. The van der Waals surface area contributed by atoms with Crippen molar-refractivity contribution in [1.29, 1.82) is 0 Å². The minimum atomic E-state index is -2.96. The summed E-state index contributed by atoms with van der Waals surface area (Å²) in [5.74, 6) is -2.65. The van der Waals surface area contributed by atoms with Crippen LogP contribution in [0.15, 0.2) is 36.5 Å². The highest BCUT2D eigenvalue weighted by atomic mass is 19.3. The number of hydrogen-bond donors (Lipinski definition) is 2. The van der Waals surface area contributed by atoms with Gasteiger partial charge in [-0.1, -0.05) is 24.3 Å². The van der Waals surface area contributed by atoms with E-state index in [9.17, 15) is 18.4 Å². The Morgan fingerprint density at radius 3 is 2.63 bits per heavy atom. The Labute approximate surface area is 172 Å². The number of ether oxygens (including phenoxy) is 2. The van der Waals surface area contributed by atoms with E-state index in [1.54, 1.807) is 6.07 Å². The number of fused-ring (bicyclic) bond motifs is 1. The third-order valence-electron chi connectivity index (χ3n) is 4.60. The molecular weight excluding hydrogens is 398 g/mol. The van der Waals surface area contributed by atoms with Gasteiger partial charge in [0.05, 0.1) is 31.6 Å². The fraction of sp³-hybridized carbons (Fsp3) is 0.350. The van der Waals surface area contributed by atoms with Crippen molar-refractivity contribution in [3.05, 3.63) is 47.7 Å². The van der Waals surface area contributed by atoms with Gasteiger partial charge in [-0.05, 0) is 5.56 Å². The molecule has 3 amide bonds. The molecule has 30 heavy (non-hydrogen) atoms. The molecule has 0 saturated carbocycles. The largest absolute Gasteiger partial charge is 0.495 e. The molecule has 0 spiro atoms. The number of urea groups is 1. The van der Waals surface area contributed by atoms with Gasteiger partial charge in [0, 0.05) is 25.7 Å². The smallest absolute Gasteiger partial charge is 0.324 e. The number of amides is 3. The Kier molecular flexibility index (Phi) is 6.16. The van der Waals surface area contributed by atoms with Gasteiger partial charge in [-0.2, -0.15) is 0 Å². The molecule has 0 bridgehead atoms. The van der Waals surface area contributed by atoms with E-state index < -0.39 is 18.0 Å². The molecule has 2 heterocycles. The number of carbonyl (C=O) groups excluding carboxylic acids is 2. The van der Waals surface area contributed by atoms with Crippen LogP contribution >= 0.6 is 0 Å². The van der Waals surface area contributed by atoms with Gasteiger partial charge >= 0.3 is 6.03 Å². The molecule has 1 aromatic carbocycles. The molecular formula is C20H22F2N4O4. The Morgan fingerprint density at radius 1 is 1.33 bits per heavy atom. The second-order valence-electron chi connectivity index (χ2n) is 6.85. The molecule has 1 aliphatic heterocycles. The number of pyridine rings is 1. The molecule has 0 saturated heterocycles. The zero-order chi connectivity index (χ0) is 21.9. The van der Waals surface area contributed by atoms with Crippen LogP contribution in [-0.4, -0.2) is 44.3 Å². The summed E-state index contributed by atoms with van der Waals surface area (Å²) in [5.41, 5.74) is 0.801. The zero-order valence-corrected chi connectivity index (χ0v) is 16.7. The lowest BCUT2D eigenvalue weighted by Gasteiger charge is -2.30. The van der Waals surface area contributed by atoms with Gasteiger partial charge in [0.25, 0.3) is 5.92 Å². The van der Waals surface area contributed by atoms with E-state index in [0.29, 0.717) is 17.0 Å². The molecule has 1 aliphatic rings. The summed E-state index contributed by atoms with van der Waals surface area (Å²) in [6, 6.07) is 6.01. The molecule has 2 N–H and O–H groups in total. The van der Waals surface area contributed by atoms with E-state index >= 15 is 0 Å². The summed E-state index contributed by atoms with van der Waals surface area (Å²) >= 11 is 0. The highest BCUT2D eigenvalue weighted by molar-refractivity contribution is 6.08. The van der Waals surface area contributed by atoms with Crippen LogP contribution in [0.4, 0.5) is 25.1 Å². The summed E-state index contributed by atoms with van der Waals surface area (Å²) in [7, 11) is 2.93. The standard InChI is InChI=1S/C20H22F2N4O4/c1-20(21,22)13-6-4-12(5-7-13)16(11-29-2)25-19(28)26-10-17(27)24-15-8-14(30-3)9-23-18(15)26/h4-9,16H,10-11H2,1-3H3,(H,24,27)(H,25,28). The summed E-state index contributed by atoms with van der Waals surface area (Å²) in [5, 5.41) is 5.43. The average molecular weight is 420 g/mol. The topological polar surface area (TPSA) is 92.8 Å². The number of hydrogen-bond acceptors (Lipinski definition) is 5. The normalized spacial score (nSPS) is 14.6. The van der Waals surface area contributed by atoms with Crippen LogP contribution in [0.25, 0.3) is 0 Å². The number of halogens is 2. The van der Waals surface area contributed by atoms with Gasteiger partial charge < -0.3 is 20.1 Å². The van der Waals surface area contributed by atoms with Crippen LogP contribution in [0.2, 0.25) is 0 Å². The number of rotatable bonds is 6. The molecule has 10 heteroatoms. The first-order valence-corrected chi connectivity index (χ1v) is 9.12. The van der Waals surface area contributed by atoms with Gasteiger partial charge in [0.15, 0.2) is 5.82 Å². The van der Waals surface area contributed by atoms with Crippen LogP contribution < -0.4 is 20.3 Å². The van der Waals surface area contributed by atoms with E-state index in [4.69, 9.17) is 9.47 Å². The van der Waals surface area contributed by atoms with E-state index in [1.807, 2.05) is 0 Å². The van der Waals surface area contributed by atoms with Crippen molar-refractivity contribution in [3.8, 4) is 5.75 Å². The van der Waals surface area contributed by atoms with Crippen molar-refractivity contribution in [2.75, 3.05) is 37.6 Å². The number of aromatic nitrogens is 1. The minimum absolute atomic E-state index is 0.108. The van der Waals surface area contributed by atoms with E-state index in [1.165, 1.54) is 49.6 Å². The predicted molar refractivity (Wildman–Crippen MR) is 106 cm³/mol. The summed E-state index contributed by atoms with van der Waals surface area (Å²) in [6.45, 7) is 0.701. The molecule has 1 aromatic heterocycles. The van der Waals surface area contributed by atoms with Crippen LogP contribution in [0.3, 0.4) is 0 Å². The zero-order valence-electron chi connectivity index (χ0n) is 16.7. The molecule has 2 aromatic rings. The molecule has 8 nitrogen and oxygen atoms in total. The fourth-order valence-corrected chi connectivity index (χ4v) is 3.06. The number of nitrogens with zero attached hydrogens (tertiary/aromatic N) is 2. The maximum absolute atomic E-state index is 13.5. The van der Waals surface area contributed by atoms with Crippen LogP contribution in [0, 0.1) is 0 Å². The number of benzene rings is 1. The van der Waals surface area contributed by atoms with Crippen molar-refractivity contribution in [1.82, 2.24) is 10.3 Å². The maximum atomic E-state index is 13.5. The first kappa shape index (κ1) is 21.4. The van der Waals surface area contributed by atoms with E-state index in [2.05, 4.69) is 15.6 Å². The Morgan fingerprint density at radius 2 is 2.03 bits per heavy atom. The second-order valence-corrected chi connectivity index (χ2v) is 6.85. The van der Waals surface area contributed by atoms with Crippen LogP contribution in [0.5, 0.6) is 5.75 Å². The van der Waals surface area contributed by atoms with E-state index in [-0.39, 0.29) is 30.4 Å². The number of anilines is 2. The Bertz CT molecular complexity index is 931. The highest BCUT2D eigenvalue weighted by Gasteiger charge is 2.30. The number of carbonyl (C=O) groups is 2. The van der Waals surface area contributed by atoms with Gasteiger partial charge in [-0.15, -0.1) is 0 Å². The number of methoxy groups -OCH3 is 2. The molecule has 0 radical (unpaired) electrons. The Hall–Kier alpha value is -3.27. The van der Waals surface area contributed by atoms with Crippen molar-refractivity contribution in [2.45, 2.75) is 18.9 Å². The maximum Gasteiger partial charge on any atom is 0.324 e. The first-order valence-electron chi connectivity index (χ1n) is 9.12. The van der Waals surface area contributed by atoms with Gasteiger partial charge in [-0.25, -0.2) is 18.6 Å². The molecule has 1 unspecified atom stereocenters.